The number of anilines is 3. The van der Waals surface area contributed by atoms with Crippen molar-refractivity contribution in [2.24, 2.45) is 0 Å². The predicted octanol–water partition coefficient (Wildman–Crippen LogP) is 5.17. The quantitative estimate of drug-likeness (QED) is 0.623. The molecule has 0 spiro atoms. The van der Waals surface area contributed by atoms with Crippen LogP contribution in [-0.4, -0.2) is 17.7 Å². The van der Waals surface area contributed by atoms with Crippen LogP contribution in [0, 0.1) is 0 Å². The summed E-state index contributed by atoms with van der Waals surface area (Å²) in [4.78, 5) is 16.7. The monoisotopic (exact) mass is 407 g/mol. The van der Waals surface area contributed by atoms with Gasteiger partial charge in [-0.3, -0.25) is 4.79 Å². The lowest BCUT2D eigenvalue weighted by Gasteiger charge is -2.06. The van der Waals surface area contributed by atoms with Gasteiger partial charge in [0.25, 0.3) is 5.91 Å². The molecule has 2 aromatic carbocycles. The van der Waals surface area contributed by atoms with Crippen LogP contribution in [0.25, 0.3) is 0 Å². The highest BCUT2D eigenvalue weighted by molar-refractivity contribution is 7.14. The van der Waals surface area contributed by atoms with Gasteiger partial charge in [0.15, 0.2) is 16.6 Å². The fourth-order valence-electron chi connectivity index (χ4n) is 2.32. The van der Waals surface area contributed by atoms with Gasteiger partial charge in [-0.1, -0.05) is 29.3 Å². The highest BCUT2D eigenvalue weighted by Crippen LogP contribution is 2.35. The third kappa shape index (κ3) is 3.41. The van der Waals surface area contributed by atoms with Gasteiger partial charge >= 0.3 is 0 Å². The maximum Gasteiger partial charge on any atom is 0.275 e. The van der Waals surface area contributed by atoms with Gasteiger partial charge in [-0.15, -0.1) is 11.3 Å². The first-order valence-corrected chi connectivity index (χ1v) is 9.11. The van der Waals surface area contributed by atoms with Crippen molar-refractivity contribution in [2.75, 3.05) is 17.4 Å². The zero-order valence-corrected chi connectivity index (χ0v) is 15.4. The van der Waals surface area contributed by atoms with Crippen molar-refractivity contribution in [1.29, 1.82) is 0 Å². The number of halogens is 2. The highest BCUT2D eigenvalue weighted by atomic mass is 35.5. The molecule has 0 saturated carbocycles. The standard InChI is InChI=1S/C17H11Cl2N3O3S/c18-10-2-1-3-11(15(10)19)21-16(23)12-7-26-17(22-12)20-9-4-5-13-14(6-9)25-8-24-13/h1-7H,8H2,(H,20,22)(H,21,23). The van der Waals surface area contributed by atoms with Gasteiger partial charge in [0.05, 0.1) is 15.7 Å². The first-order chi connectivity index (χ1) is 12.6. The van der Waals surface area contributed by atoms with Crippen molar-refractivity contribution in [3.8, 4) is 11.5 Å². The summed E-state index contributed by atoms with van der Waals surface area (Å²) in [5.74, 6) is 0.998. The van der Waals surface area contributed by atoms with Crippen LogP contribution in [0.4, 0.5) is 16.5 Å². The van der Waals surface area contributed by atoms with E-state index in [9.17, 15) is 4.79 Å². The topological polar surface area (TPSA) is 72.5 Å². The van der Waals surface area contributed by atoms with E-state index in [0.717, 1.165) is 5.69 Å². The molecule has 2 N–H and O–H groups in total. The SMILES string of the molecule is O=C(Nc1cccc(Cl)c1Cl)c1csc(Nc2ccc3c(c2)OCO3)n1. The zero-order chi connectivity index (χ0) is 18.1. The predicted molar refractivity (Wildman–Crippen MR) is 102 cm³/mol. The number of rotatable bonds is 4. The molecule has 4 rings (SSSR count). The Balaban J connectivity index is 1.47. The van der Waals surface area contributed by atoms with E-state index in [1.165, 1.54) is 11.3 Å². The van der Waals surface area contributed by atoms with E-state index < -0.39 is 0 Å². The molecular formula is C17H11Cl2N3O3S. The van der Waals surface area contributed by atoms with Crippen LogP contribution in [0.15, 0.2) is 41.8 Å². The van der Waals surface area contributed by atoms with Crippen molar-refractivity contribution in [2.45, 2.75) is 0 Å². The fraction of sp³-hybridized carbons (Fsp3) is 0.0588. The minimum atomic E-state index is -0.371. The number of hydrogen-bond acceptors (Lipinski definition) is 6. The molecule has 1 aliphatic heterocycles. The maximum atomic E-state index is 12.4. The average Bonchev–Trinajstić information content (AvgIpc) is 3.28. The van der Waals surface area contributed by atoms with Gasteiger partial charge in [0.1, 0.15) is 5.69 Å². The van der Waals surface area contributed by atoms with Gasteiger partial charge in [-0.05, 0) is 24.3 Å². The molecule has 1 aromatic heterocycles. The molecule has 0 unspecified atom stereocenters. The Morgan fingerprint density at radius 3 is 2.88 bits per heavy atom. The molecule has 132 valence electrons. The fourth-order valence-corrected chi connectivity index (χ4v) is 3.38. The number of aromatic nitrogens is 1. The Bertz CT molecular complexity index is 993. The Labute approximate surface area is 162 Å². The van der Waals surface area contributed by atoms with Gasteiger partial charge in [0.2, 0.25) is 6.79 Å². The molecule has 9 heteroatoms. The molecular weight excluding hydrogens is 397 g/mol. The molecule has 0 fully saturated rings. The first-order valence-electron chi connectivity index (χ1n) is 7.48. The number of fused-ring (bicyclic) bond motifs is 1. The van der Waals surface area contributed by atoms with Crippen LogP contribution < -0.4 is 20.1 Å². The van der Waals surface area contributed by atoms with E-state index in [0.29, 0.717) is 27.3 Å². The van der Waals surface area contributed by atoms with Crippen LogP contribution in [0.5, 0.6) is 11.5 Å². The molecule has 0 aliphatic carbocycles. The summed E-state index contributed by atoms with van der Waals surface area (Å²) in [6.07, 6.45) is 0. The Morgan fingerprint density at radius 2 is 2.00 bits per heavy atom. The van der Waals surface area contributed by atoms with E-state index in [1.54, 1.807) is 23.6 Å². The lowest BCUT2D eigenvalue weighted by atomic mass is 10.3. The molecule has 0 bridgehead atoms. The Hall–Kier alpha value is -2.48. The third-order valence-corrected chi connectivity index (χ3v) is 5.14. The maximum absolute atomic E-state index is 12.4. The van der Waals surface area contributed by atoms with Gasteiger partial charge in [-0.25, -0.2) is 4.98 Å². The van der Waals surface area contributed by atoms with E-state index in [2.05, 4.69) is 15.6 Å². The highest BCUT2D eigenvalue weighted by Gasteiger charge is 2.16. The summed E-state index contributed by atoms with van der Waals surface area (Å²) in [6.45, 7) is 0.215. The summed E-state index contributed by atoms with van der Waals surface area (Å²) in [5, 5.41) is 8.73. The summed E-state index contributed by atoms with van der Waals surface area (Å²) in [5.41, 5.74) is 1.49. The number of ether oxygens (including phenoxy) is 2. The molecule has 1 amide bonds. The van der Waals surface area contributed by atoms with Gasteiger partial charge in [0, 0.05) is 17.1 Å². The summed E-state index contributed by atoms with van der Waals surface area (Å²) < 4.78 is 10.6. The van der Waals surface area contributed by atoms with E-state index in [-0.39, 0.29) is 23.4 Å². The lowest BCUT2D eigenvalue weighted by molar-refractivity contribution is 0.102. The van der Waals surface area contributed by atoms with Crippen LogP contribution in [0.1, 0.15) is 10.5 Å². The van der Waals surface area contributed by atoms with Crippen LogP contribution in [0.3, 0.4) is 0 Å². The first kappa shape index (κ1) is 17.0. The summed E-state index contributed by atoms with van der Waals surface area (Å²) in [7, 11) is 0. The molecule has 3 aromatic rings. The average molecular weight is 408 g/mol. The number of amides is 1. The van der Waals surface area contributed by atoms with Crippen LogP contribution in [-0.2, 0) is 0 Å². The normalized spacial score (nSPS) is 12.1. The Morgan fingerprint density at radius 1 is 1.15 bits per heavy atom. The second-order valence-corrected chi connectivity index (χ2v) is 6.93. The van der Waals surface area contributed by atoms with Crippen molar-refractivity contribution < 1.29 is 14.3 Å². The van der Waals surface area contributed by atoms with E-state index in [4.69, 9.17) is 32.7 Å². The van der Waals surface area contributed by atoms with E-state index >= 15 is 0 Å². The van der Waals surface area contributed by atoms with E-state index in [1.807, 2.05) is 18.2 Å². The minimum Gasteiger partial charge on any atom is -0.454 e. The molecule has 6 nitrogen and oxygen atoms in total. The van der Waals surface area contributed by atoms with Gasteiger partial charge in [-0.2, -0.15) is 0 Å². The molecule has 26 heavy (non-hydrogen) atoms. The number of carbonyl (C=O) groups is 1. The number of nitrogens with one attached hydrogen (secondary N) is 2. The number of nitrogens with zero attached hydrogens (tertiary/aromatic N) is 1. The number of carbonyl (C=O) groups excluding carboxylic acids is 1. The molecule has 0 atom stereocenters. The smallest absolute Gasteiger partial charge is 0.275 e. The molecule has 0 radical (unpaired) electrons. The Kier molecular flexibility index (Phi) is 4.58. The van der Waals surface area contributed by atoms with Gasteiger partial charge < -0.3 is 20.1 Å². The second kappa shape index (κ2) is 7.03. The summed E-state index contributed by atoms with van der Waals surface area (Å²) in [6, 6.07) is 10.5. The van der Waals surface area contributed by atoms with Crippen LogP contribution >= 0.6 is 34.5 Å². The lowest BCUT2D eigenvalue weighted by Crippen LogP contribution is -2.12. The molecule has 2 heterocycles. The van der Waals surface area contributed by atoms with Crippen molar-refractivity contribution >= 4 is 57.0 Å². The third-order valence-electron chi connectivity index (χ3n) is 3.56. The molecule has 0 saturated heterocycles. The van der Waals surface area contributed by atoms with Crippen molar-refractivity contribution in [1.82, 2.24) is 4.98 Å². The largest absolute Gasteiger partial charge is 0.454 e. The number of hydrogen-bond donors (Lipinski definition) is 2. The number of benzene rings is 2. The minimum absolute atomic E-state index is 0.215. The number of thiazole rings is 1. The second-order valence-electron chi connectivity index (χ2n) is 5.29. The molecule has 1 aliphatic rings. The van der Waals surface area contributed by atoms with Crippen molar-refractivity contribution in [3.05, 3.63) is 57.5 Å². The van der Waals surface area contributed by atoms with Crippen LogP contribution in [0.2, 0.25) is 10.0 Å². The zero-order valence-electron chi connectivity index (χ0n) is 13.1. The van der Waals surface area contributed by atoms with Crippen molar-refractivity contribution in [3.63, 3.8) is 0 Å². The summed E-state index contributed by atoms with van der Waals surface area (Å²) >= 11 is 13.3.